The molecule has 0 N–H and O–H groups in total. The molecule has 0 unspecified atom stereocenters. The zero-order chi connectivity index (χ0) is 28.0. The molecule has 11 nitrogen and oxygen atoms in total. The number of piperidine rings is 1. The number of benzene rings is 1. The van der Waals surface area contributed by atoms with Crippen molar-refractivity contribution in [3.05, 3.63) is 41.5 Å². The minimum atomic E-state index is -0.500. The molecule has 5 heterocycles. The predicted molar refractivity (Wildman–Crippen MR) is 154 cm³/mol. The summed E-state index contributed by atoms with van der Waals surface area (Å²) in [6, 6.07) is 8.04. The summed E-state index contributed by atoms with van der Waals surface area (Å²) in [5, 5.41) is 0. The van der Waals surface area contributed by atoms with E-state index in [0.717, 1.165) is 65.6 Å². The molecule has 0 saturated carbocycles. The van der Waals surface area contributed by atoms with Crippen LogP contribution in [0, 0.1) is 6.92 Å². The Labute approximate surface area is 233 Å². The van der Waals surface area contributed by atoms with Gasteiger partial charge in [0.15, 0.2) is 17.0 Å². The molecule has 2 saturated heterocycles. The molecule has 40 heavy (non-hydrogen) atoms. The Morgan fingerprint density at radius 1 is 1.00 bits per heavy atom. The Morgan fingerprint density at radius 3 is 2.45 bits per heavy atom. The van der Waals surface area contributed by atoms with Gasteiger partial charge in [-0.2, -0.15) is 9.97 Å². The maximum atomic E-state index is 12.5. The highest BCUT2D eigenvalue weighted by molar-refractivity contribution is 5.87. The Bertz CT molecular complexity index is 1600. The maximum Gasteiger partial charge on any atom is 0.410 e. The lowest BCUT2D eigenvalue weighted by Gasteiger charge is -2.31. The van der Waals surface area contributed by atoms with Gasteiger partial charge in [-0.15, -0.1) is 0 Å². The summed E-state index contributed by atoms with van der Waals surface area (Å²) < 4.78 is 15.2. The largest absolute Gasteiger partial charge is 0.444 e. The number of morpholine rings is 1. The number of amides is 1. The highest BCUT2D eigenvalue weighted by Gasteiger charge is 2.26. The van der Waals surface area contributed by atoms with Crippen LogP contribution in [0.2, 0.25) is 0 Å². The van der Waals surface area contributed by atoms with Crippen molar-refractivity contribution in [3.8, 4) is 5.95 Å². The van der Waals surface area contributed by atoms with E-state index in [-0.39, 0.29) is 6.09 Å². The molecule has 2 fully saturated rings. The molecule has 0 radical (unpaired) electrons. The molecule has 4 aromatic rings. The molecule has 6 rings (SSSR count). The van der Waals surface area contributed by atoms with Crippen molar-refractivity contribution >= 4 is 40.2 Å². The van der Waals surface area contributed by atoms with Crippen LogP contribution in [0.3, 0.4) is 0 Å². The SMILES string of the molecule is Cc1nc2ccccc2n1-c1nc(N2CCOCC2)c2nc(C=C3CCN(C(=O)OC(C)(C)C)CC3)n(C)c2n1. The Balaban J connectivity index is 1.37. The second-order valence-corrected chi connectivity index (χ2v) is 11.4. The second kappa shape index (κ2) is 10.2. The number of hydrogen-bond acceptors (Lipinski definition) is 8. The van der Waals surface area contributed by atoms with E-state index in [1.807, 2.05) is 68.1 Å². The average Bonchev–Trinajstić information content (AvgIpc) is 3.43. The molecule has 3 aromatic heterocycles. The standard InChI is InChI=1S/C29H36N8O3/c1-19-30-21-8-6-7-9-22(21)37(19)27-32-25-24(26(33-27)35-14-16-39-17-15-35)31-23(34(25)5)18-20-10-12-36(13-11-20)28(38)40-29(2,3)4/h6-9,18H,10-17H2,1-5H3. The number of nitrogens with zero attached hydrogens (tertiary/aromatic N) is 8. The first-order chi connectivity index (χ1) is 19.2. The van der Waals surface area contributed by atoms with Crippen LogP contribution < -0.4 is 4.90 Å². The average molecular weight is 545 g/mol. The summed E-state index contributed by atoms with van der Waals surface area (Å²) in [6.07, 6.45) is 3.43. The Morgan fingerprint density at radius 2 is 1.73 bits per heavy atom. The summed E-state index contributed by atoms with van der Waals surface area (Å²) in [5.41, 5.74) is 4.16. The fourth-order valence-electron chi connectivity index (χ4n) is 5.31. The predicted octanol–water partition coefficient (Wildman–Crippen LogP) is 4.26. The highest BCUT2D eigenvalue weighted by Crippen LogP contribution is 2.29. The summed E-state index contributed by atoms with van der Waals surface area (Å²) >= 11 is 0. The number of aromatic nitrogens is 6. The van der Waals surface area contributed by atoms with Crippen LogP contribution in [-0.2, 0) is 16.5 Å². The summed E-state index contributed by atoms with van der Waals surface area (Å²) in [6.45, 7) is 11.7. The van der Waals surface area contributed by atoms with E-state index in [0.29, 0.717) is 32.3 Å². The number of ether oxygens (including phenoxy) is 2. The smallest absolute Gasteiger partial charge is 0.410 e. The lowest BCUT2D eigenvalue weighted by molar-refractivity contribution is 0.0237. The number of carbonyl (C=O) groups is 1. The number of para-hydroxylation sites is 2. The number of aryl methyl sites for hydroxylation is 2. The third-order valence-corrected chi connectivity index (χ3v) is 7.35. The van der Waals surface area contributed by atoms with Crippen LogP contribution in [0.5, 0.6) is 0 Å². The lowest BCUT2D eigenvalue weighted by atomic mass is 10.0. The van der Waals surface area contributed by atoms with Crippen LogP contribution in [0.1, 0.15) is 45.3 Å². The molecule has 2 aliphatic heterocycles. The first-order valence-electron chi connectivity index (χ1n) is 13.9. The molecule has 0 aliphatic carbocycles. The molecular weight excluding hydrogens is 508 g/mol. The fraction of sp³-hybridized carbons (Fsp3) is 0.483. The number of fused-ring (bicyclic) bond motifs is 2. The third kappa shape index (κ3) is 5.01. The molecular formula is C29H36N8O3. The van der Waals surface area contributed by atoms with Crippen molar-refractivity contribution in [1.82, 2.24) is 34.0 Å². The van der Waals surface area contributed by atoms with Gasteiger partial charge in [0.05, 0.1) is 24.2 Å². The number of rotatable bonds is 3. The Hall–Kier alpha value is -3.99. The Kier molecular flexibility index (Phi) is 6.69. The molecule has 210 valence electrons. The van der Waals surface area contributed by atoms with Crippen LogP contribution in [0.4, 0.5) is 10.6 Å². The van der Waals surface area contributed by atoms with Crippen LogP contribution in [0.15, 0.2) is 29.8 Å². The van der Waals surface area contributed by atoms with Gasteiger partial charge in [0.1, 0.15) is 17.2 Å². The summed E-state index contributed by atoms with van der Waals surface area (Å²) in [7, 11) is 2.00. The van der Waals surface area contributed by atoms with Crippen molar-refractivity contribution in [2.75, 3.05) is 44.3 Å². The molecule has 0 bridgehead atoms. The first-order valence-corrected chi connectivity index (χ1v) is 13.9. The van der Waals surface area contributed by atoms with Gasteiger partial charge in [0.2, 0.25) is 5.95 Å². The molecule has 1 aromatic carbocycles. The molecule has 2 aliphatic rings. The molecule has 11 heteroatoms. The number of likely N-dealkylation sites (tertiary alicyclic amines) is 1. The zero-order valence-corrected chi connectivity index (χ0v) is 23.8. The highest BCUT2D eigenvalue weighted by atomic mass is 16.6. The molecule has 1 amide bonds. The van der Waals surface area contributed by atoms with E-state index < -0.39 is 5.60 Å². The van der Waals surface area contributed by atoms with Crippen LogP contribution >= 0.6 is 0 Å². The van der Waals surface area contributed by atoms with E-state index in [2.05, 4.69) is 11.0 Å². The monoisotopic (exact) mass is 544 g/mol. The normalized spacial score (nSPS) is 16.7. The van der Waals surface area contributed by atoms with Gasteiger partial charge in [-0.25, -0.2) is 14.8 Å². The molecule has 0 spiro atoms. The van der Waals surface area contributed by atoms with Gasteiger partial charge in [-0.1, -0.05) is 17.7 Å². The topological polar surface area (TPSA) is 103 Å². The van der Waals surface area contributed by atoms with E-state index in [4.69, 9.17) is 29.4 Å². The van der Waals surface area contributed by atoms with Gasteiger partial charge >= 0.3 is 6.09 Å². The van der Waals surface area contributed by atoms with Gasteiger partial charge in [-0.3, -0.25) is 4.57 Å². The van der Waals surface area contributed by atoms with E-state index in [1.165, 1.54) is 5.57 Å². The van der Waals surface area contributed by atoms with Crippen molar-refractivity contribution in [1.29, 1.82) is 0 Å². The third-order valence-electron chi connectivity index (χ3n) is 7.35. The van der Waals surface area contributed by atoms with Gasteiger partial charge in [0, 0.05) is 33.2 Å². The minimum absolute atomic E-state index is 0.255. The lowest BCUT2D eigenvalue weighted by Crippen LogP contribution is -2.40. The van der Waals surface area contributed by atoms with E-state index in [9.17, 15) is 4.79 Å². The van der Waals surface area contributed by atoms with E-state index in [1.54, 1.807) is 4.90 Å². The number of carbonyl (C=O) groups excluding carboxylic acids is 1. The van der Waals surface area contributed by atoms with Crippen molar-refractivity contribution < 1.29 is 14.3 Å². The summed E-state index contributed by atoms with van der Waals surface area (Å²) in [4.78, 5) is 36.4. The summed E-state index contributed by atoms with van der Waals surface area (Å²) in [5.74, 6) is 3.03. The quantitative estimate of drug-likeness (QED) is 0.377. The van der Waals surface area contributed by atoms with E-state index >= 15 is 0 Å². The van der Waals surface area contributed by atoms with Crippen molar-refractivity contribution in [2.45, 2.75) is 46.1 Å². The number of hydrogen-bond donors (Lipinski definition) is 0. The number of imidazole rings is 2. The van der Waals surface area contributed by atoms with Gasteiger partial charge in [-0.05, 0) is 58.7 Å². The zero-order valence-electron chi connectivity index (χ0n) is 23.8. The molecule has 0 atom stereocenters. The number of anilines is 1. The van der Waals surface area contributed by atoms with Crippen molar-refractivity contribution in [3.63, 3.8) is 0 Å². The second-order valence-electron chi connectivity index (χ2n) is 11.4. The van der Waals surface area contributed by atoms with Crippen LogP contribution in [-0.4, -0.2) is 85.1 Å². The van der Waals surface area contributed by atoms with Crippen molar-refractivity contribution in [2.24, 2.45) is 7.05 Å². The van der Waals surface area contributed by atoms with Gasteiger partial charge in [0.25, 0.3) is 0 Å². The fourth-order valence-corrected chi connectivity index (χ4v) is 5.31. The maximum absolute atomic E-state index is 12.5. The van der Waals surface area contributed by atoms with Gasteiger partial charge < -0.3 is 23.8 Å². The van der Waals surface area contributed by atoms with Crippen LogP contribution in [0.25, 0.3) is 34.2 Å². The first kappa shape index (κ1) is 26.2. The minimum Gasteiger partial charge on any atom is -0.444 e.